The SMILES string of the molecule is CC1CCCN(CCOc2ccc(C(=O)NN)cc2)C1. The average molecular weight is 277 g/mol. The number of nitrogen functional groups attached to an aromatic ring is 1. The highest BCUT2D eigenvalue weighted by Crippen LogP contribution is 2.16. The summed E-state index contributed by atoms with van der Waals surface area (Å²) in [5.74, 6) is 6.36. The van der Waals surface area contributed by atoms with Gasteiger partial charge < -0.3 is 4.74 Å². The molecule has 1 unspecified atom stereocenters. The highest BCUT2D eigenvalue weighted by molar-refractivity contribution is 5.93. The van der Waals surface area contributed by atoms with Gasteiger partial charge in [-0.2, -0.15) is 0 Å². The van der Waals surface area contributed by atoms with Crippen molar-refractivity contribution in [2.24, 2.45) is 11.8 Å². The van der Waals surface area contributed by atoms with Crippen molar-refractivity contribution in [2.45, 2.75) is 19.8 Å². The van der Waals surface area contributed by atoms with E-state index in [4.69, 9.17) is 10.6 Å². The Labute approximate surface area is 120 Å². The molecule has 5 nitrogen and oxygen atoms in total. The van der Waals surface area contributed by atoms with Gasteiger partial charge in [-0.25, -0.2) is 5.84 Å². The lowest BCUT2D eigenvalue weighted by molar-refractivity contribution is 0.0953. The molecule has 20 heavy (non-hydrogen) atoms. The monoisotopic (exact) mass is 277 g/mol. The zero-order valence-electron chi connectivity index (χ0n) is 12.0. The minimum Gasteiger partial charge on any atom is -0.492 e. The standard InChI is InChI=1S/C15H23N3O2/c1-12-3-2-8-18(11-12)9-10-20-14-6-4-13(5-7-14)15(19)17-16/h4-7,12H,2-3,8-11,16H2,1H3,(H,17,19). The number of hydrazine groups is 1. The predicted molar refractivity (Wildman–Crippen MR) is 78.4 cm³/mol. The van der Waals surface area contributed by atoms with Gasteiger partial charge in [-0.1, -0.05) is 6.92 Å². The minimum atomic E-state index is -0.293. The maximum absolute atomic E-state index is 11.3. The van der Waals surface area contributed by atoms with Crippen LogP contribution in [0.4, 0.5) is 0 Å². The van der Waals surface area contributed by atoms with Gasteiger partial charge in [0.15, 0.2) is 0 Å². The first kappa shape index (κ1) is 14.8. The van der Waals surface area contributed by atoms with Crippen molar-refractivity contribution in [1.29, 1.82) is 0 Å². The van der Waals surface area contributed by atoms with E-state index in [1.165, 1.54) is 25.9 Å². The van der Waals surface area contributed by atoms with Crippen molar-refractivity contribution >= 4 is 5.91 Å². The van der Waals surface area contributed by atoms with E-state index >= 15 is 0 Å². The summed E-state index contributed by atoms with van der Waals surface area (Å²) in [4.78, 5) is 13.7. The molecule has 110 valence electrons. The molecular weight excluding hydrogens is 254 g/mol. The summed E-state index contributed by atoms with van der Waals surface area (Å²) >= 11 is 0. The second kappa shape index (κ2) is 7.26. The van der Waals surface area contributed by atoms with Crippen LogP contribution >= 0.6 is 0 Å². The van der Waals surface area contributed by atoms with E-state index in [0.717, 1.165) is 18.2 Å². The van der Waals surface area contributed by atoms with Crippen LogP contribution in [0.15, 0.2) is 24.3 Å². The van der Waals surface area contributed by atoms with E-state index < -0.39 is 0 Å². The van der Waals surface area contributed by atoms with E-state index in [1.54, 1.807) is 24.3 Å². The fraction of sp³-hybridized carbons (Fsp3) is 0.533. The first-order valence-corrected chi connectivity index (χ1v) is 7.15. The summed E-state index contributed by atoms with van der Waals surface area (Å²) in [6.45, 7) is 6.26. The largest absolute Gasteiger partial charge is 0.492 e. The topological polar surface area (TPSA) is 67.6 Å². The average Bonchev–Trinajstić information content (AvgIpc) is 2.47. The van der Waals surface area contributed by atoms with Crippen LogP contribution < -0.4 is 16.0 Å². The van der Waals surface area contributed by atoms with Gasteiger partial charge in [-0.15, -0.1) is 0 Å². The van der Waals surface area contributed by atoms with Gasteiger partial charge in [0.1, 0.15) is 12.4 Å². The molecule has 1 aliphatic heterocycles. The molecule has 0 bridgehead atoms. The number of hydrogen-bond acceptors (Lipinski definition) is 4. The second-order valence-electron chi connectivity index (χ2n) is 5.39. The number of nitrogens with two attached hydrogens (primary N) is 1. The zero-order chi connectivity index (χ0) is 14.4. The lowest BCUT2D eigenvalue weighted by Gasteiger charge is -2.30. The molecule has 0 aliphatic carbocycles. The highest BCUT2D eigenvalue weighted by Gasteiger charge is 2.15. The van der Waals surface area contributed by atoms with Crippen LogP contribution in [0, 0.1) is 5.92 Å². The van der Waals surface area contributed by atoms with E-state index in [-0.39, 0.29) is 5.91 Å². The third-order valence-electron chi connectivity index (χ3n) is 3.66. The first-order chi connectivity index (χ1) is 9.69. The maximum atomic E-state index is 11.3. The number of nitrogens with one attached hydrogen (secondary N) is 1. The molecule has 1 aliphatic rings. The summed E-state index contributed by atoms with van der Waals surface area (Å²) in [5.41, 5.74) is 2.64. The van der Waals surface area contributed by atoms with Crippen molar-refractivity contribution in [3.63, 3.8) is 0 Å². The number of carbonyl (C=O) groups is 1. The Kier molecular flexibility index (Phi) is 5.38. The van der Waals surface area contributed by atoms with Gasteiger partial charge in [-0.05, 0) is 49.6 Å². The predicted octanol–water partition coefficient (Wildman–Crippen LogP) is 1.40. The molecule has 0 aromatic heterocycles. The Morgan fingerprint density at radius 3 is 2.85 bits per heavy atom. The number of benzene rings is 1. The van der Waals surface area contributed by atoms with Crippen LogP contribution in [0.5, 0.6) is 5.75 Å². The number of piperidine rings is 1. The van der Waals surface area contributed by atoms with Crippen molar-refractivity contribution in [3.8, 4) is 5.75 Å². The van der Waals surface area contributed by atoms with Crippen LogP contribution in [0.2, 0.25) is 0 Å². The Morgan fingerprint density at radius 1 is 1.45 bits per heavy atom. The number of rotatable bonds is 5. The van der Waals surface area contributed by atoms with Crippen molar-refractivity contribution in [1.82, 2.24) is 10.3 Å². The maximum Gasteiger partial charge on any atom is 0.265 e. The Balaban J connectivity index is 1.75. The normalized spacial score (nSPS) is 19.6. The molecule has 0 spiro atoms. The second-order valence-corrected chi connectivity index (χ2v) is 5.39. The minimum absolute atomic E-state index is 0.293. The van der Waals surface area contributed by atoms with Crippen LogP contribution in [0.25, 0.3) is 0 Å². The van der Waals surface area contributed by atoms with Crippen molar-refractivity contribution < 1.29 is 9.53 Å². The van der Waals surface area contributed by atoms with Crippen LogP contribution in [0.3, 0.4) is 0 Å². The summed E-state index contributed by atoms with van der Waals surface area (Å²) in [5, 5.41) is 0. The Morgan fingerprint density at radius 2 is 2.20 bits per heavy atom. The van der Waals surface area contributed by atoms with E-state index in [2.05, 4.69) is 17.2 Å². The molecule has 1 aromatic rings. The molecule has 1 heterocycles. The third kappa shape index (κ3) is 4.21. The molecule has 5 heteroatoms. The van der Waals surface area contributed by atoms with Gasteiger partial charge in [0, 0.05) is 18.7 Å². The van der Waals surface area contributed by atoms with E-state index in [0.29, 0.717) is 12.2 Å². The van der Waals surface area contributed by atoms with Crippen LogP contribution in [0.1, 0.15) is 30.1 Å². The number of ether oxygens (including phenoxy) is 1. The van der Waals surface area contributed by atoms with E-state index in [1.807, 2.05) is 0 Å². The van der Waals surface area contributed by atoms with Crippen LogP contribution in [-0.4, -0.2) is 37.0 Å². The number of likely N-dealkylation sites (tertiary alicyclic amines) is 1. The van der Waals surface area contributed by atoms with Crippen molar-refractivity contribution in [2.75, 3.05) is 26.2 Å². The van der Waals surface area contributed by atoms with E-state index in [9.17, 15) is 4.79 Å². The van der Waals surface area contributed by atoms with Gasteiger partial charge in [0.25, 0.3) is 5.91 Å². The molecule has 1 saturated heterocycles. The number of nitrogens with zero attached hydrogens (tertiary/aromatic N) is 1. The number of amides is 1. The molecule has 1 fully saturated rings. The summed E-state index contributed by atoms with van der Waals surface area (Å²) in [6.07, 6.45) is 2.62. The lowest BCUT2D eigenvalue weighted by Crippen LogP contribution is -2.37. The van der Waals surface area contributed by atoms with Crippen LogP contribution in [-0.2, 0) is 0 Å². The molecule has 1 amide bonds. The fourth-order valence-corrected chi connectivity index (χ4v) is 2.57. The quantitative estimate of drug-likeness (QED) is 0.485. The first-order valence-electron chi connectivity index (χ1n) is 7.15. The Hall–Kier alpha value is -1.59. The lowest BCUT2D eigenvalue weighted by atomic mass is 10.0. The molecule has 2 rings (SSSR count). The van der Waals surface area contributed by atoms with Gasteiger partial charge in [0.2, 0.25) is 0 Å². The summed E-state index contributed by atoms with van der Waals surface area (Å²) in [6, 6.07) is 7.01. The fourth-order valence-electron chi connectivity index (χ4n) is 2.57. The molecule has 1 atom stereocenters. The highest BCUT2D eigenvalue weighted by atomic mass is 16.5. The molecule has 3 N–H and O–H groups in total. The molecule has 0 radical (unpaired) electrons. The van der Waals surface area contributed by atoms with Gasteiger partial charge in [-0.3, -0.25) is 15.1 Å². The Bertz CT molecular complexity index is 433. The third-order valence-corrected chi connectivity index (χ3v) is 3.66. The van der Waals surface area contributed by atoms with Gasteiger partial charge in [0.05, 0.1) is 0 Å². The van der Waals surface area contributed by atoms with Gasteiger partial charge >= 0.3 is 0 Å². The summed E-state index contributed by atoms with van der Waals surface area (Å²) in [7, 11) is 0. The number of hydrogen-bond donors (Lipinski definition) is 2. The van der Waals surface area contributed by atoms with Crippen molar-refractivity contribution in [3.05, 3.63) is 29.8 Å². The molecular formula is C15H23N3O2. The number of carbonyl (C=O) groups excluding carboxylic acids is 1. The summed E-state index contributed by atoms with van der Waals surface area (Å²) < 4.78 is 5.71. The molecule has 1 aromatic carbocycles. The molecule has 0 saturated carbocycles. The zero-order valence-corrected chi connectivity index (χ0v) is 12.0. The smallest absolute Gasteiger partial charge is 0.265 e.